The summed E-state index contributed by atoms with van der Waals surface area (Å²) in [5, 5.41) is 9.46. The zero-order chi connectivity index (χ0) is 21.0. The van der Waals surface area contributed by atoms with E-state index in [1.807, 2.05) is 72.8 Å². The monoisotopic (exact) mass is 445 g/mol. The molecule has 0 amide bonds. The summed E-state index contributed by atoms with van der Waals surface area (Å²) >= 11 is 7.35. The molecule has 0 spiro atoms. The van der Waals surface area contributed by atoms with Gasteiger partial charge in [0.2, 0.25) is 11.8 Å². The highest BCUT2D eigenvalue weighted by Gasteiger charge is 2.18. The van der Waals surface area contributed by atoms with E-state index >= 15 is 0 Å². The molecule has 0 aliphatic rings. The van der Waals surface area contributed by atoms with Crippen LogP contribution in [0.4, 0.5) is 0 Å². The van der Waals surface area contributed by atoms with Gasteiger partial charge in [-0.1, -0.05) is 84.0 Å². The van der Waals surface area contributed by atoms with Crippen LogP contribution in [0.1, 0.15) is 5.89 Å². The molecule has 0 unspecified atom stereocenters. The van der Waals surface area contributed by atoms with Crippen LogP contribution in [0.15, 0.2) is 99.0 Å². The number of thioether (sulfide) groups is 1. The quantitative estimate of drug-likeness (QED) is 0.262. The summed E-state index contributed by atoms with van der Waals surface area (Å²) in [4.78, 5) is 4.74. The molecule has 5 aromatic rings. The van der Waals surface area contributed by atoms with E-state index in [9.17, 15) is 0 Å². The molecule has 31 heavy (non-hydrogen) atoms. The summed E-state index contributed by atoms with van der Waals surface area (Å²) in [6.45, 7) is 0. The topological polar surface area (TPSA) is 65.0 Å². The van der Waals surface area contributed by atoms with E-state index in [0.717, 1.165) is 28.1 Å². The van der Waals surface area contributed by atoms with Gasteiger partial charge in [-0.05, 0) is 24.3 Å². The van der Waals surface area contributed by atoms with Crippen molar-refractivity contribution in [1.29, 1.82) is 0 Å². The third kappa shape index (κ3) is 4.40. The normalized spacial score (nSPS) is 11.0. The Bertz CT molecular complexity index is 1230. The molecule has 0 aliphatic heterocycles. The number of nitrogens with zero attached hydrogens (tertiary/aromatic N) is 3. The summed E-state index contributed by atoms with van der Waals surface area (Å²) in [5.74, 6) is 2.13. The first kappa shape index (κ1) is 19.6. The Morgan fingerprint density at radius 1 is 0.710 bits per heavy atom. The van der Waals surface area contributed by atoms with Crippen molar-refractivity contribution in [3.05, 3.63) is 95.8 Å². The van der Waals surface area contributed by atoms with E-state index in [4.69, 9.17) is 25.4 Å². The predicted octanol–water partition coefficient (Wildman–Crippen LogP) is 7.00. The van der Waals surface area contributed by atoms with Gasteiger partial charge < -0.3 is 8.83 Å². The molecule has 5 rings (SSSR count). The fourth-order valence-corrected chi connectivity index (χ4v) is 3.87. The highest BCUT2D eigenvalue weighted by atomic mass is 35.5. The van der Waals surface area contributed by atoms with Gasteiger partial charge in [0.05, 0.1) is 5.75 Å². The molecule has 0 bridgehead atoms. The van der Waals surface area contributed by atoms with Crippen molar-refractivity contribution in [2.45, 2.75) is 11.0 Å². The molecule has 152 valence electrons. The van der Waals surface area contributed by atoms with Crippen LogP contribution in [0.2, 0.25) is 5.02 Å². The van der Waals surface area contributed by atoms with Gasteiger partial charge in [0.25, 0.3) is 5.22 Å². The Morgan fingerprint density at radius 2 is 1.39 bits per heavy atom. The van der Waals surface area contributed by atoms with E-state index in [1.165, 1.54) is 11.8 Å². The Balaban J connectivity index is 1.39. The minimum absolute atomic E-state index is 0.448. The van der Waals surface area contributed by atoms with E-state index in [2.05, 4.69) is 10.2 Å². The molecule has 3 aromatic carbocycles. The van der Waals surface area contributed by atoms with Crippen LogP contribution >= 0.6 is 23.4 Å². The first-order chi connectivity index (χ1) is 15.3. The summed E-state index contributed by atoms with van der Waals surface area (Å²) in [5.41, 5.74) is 3.60. The van der Waals surface area contributed by atoms with Crippen LogP contribution < -0.4 is 0 Å². The molecule has 0 fully saturated rings. The number of halogens is 1. The molecule has 0 saturated carbocycles. The lowest BCUT2D eigenvalue weighted by Crippen LogP contribution is -1.82. The average molecular weight is 446 g/mol. The molecule has 0 saturated heterocycles. The number of benzene rings is 3. The number of aromatic nitrogens is 3. The summed E-state index contributed by atoms with van der Waals surface area (Å²) < 4.78 is 11.9. The lowest BCUT2D eigenvalue weighted by Gasteiger charge is -2.00. The summed E-state index contributed by atoms with van der Waals surface area (Å²) in [6, 6.07) is 27.2. The maximum Gasteiger partial charge on any atom is 0.257 e. The van der Waals surface area contributed by atoms with Crippen molar-refractivity contribution in [2.24, 2.45) is 0 Å². The highest BCUT2D eigenvalue weighted by molar-refractivity contribution is 7.98. The van der Waals surface area contributed by atoms with Crippen LogP contribution in [0.3, 0.4) is 0 Å². The van der Waals surface area contributed by atoms with Crippen LogP contribution in [-0.4, -0.2) is 15.2 Å². The minimum atomic E-state index is 0.448. The molecule has 0 radical (unpaired) electrons. The van der Waals surface area contributed by atoms with E-state index in [-0.39, 0.29) is 0 Å². The largest absolute Gasteiger partial charge is 0.431 e. The SMILES string of the molecule is Clc1ccc(-c2nnc(CSc3nc(-c4ccccc4)c(-c4ccccc4)o3)o2)cc1. The Kier molecular flexibility index (Phi) is 5.56. The molecule has 2 aromatic heterocycles. The van der Waals surface area contributed by atoms with Crippen molar-refractivity contribution in [1.82, 2.24) is 15.2 Å². The molecule has 0 N–H and O–H groups in total. The molecular formula is C24H16ClN3O2S. The van der Waals surface area contributed by atoms with Crippen molar-refractivity contribution in [3.63, 3.8) is 0 Å². The number of oxazole rings is 1. The van der Waals surface area contributed by atoms with Gasteiger partial charge in [-0.25, -0.2) is 4.98 Å². The fourth-order valence-electron chi connectivity index (χ4n) is 3.08. The molecule has 0 atom stereocenters. The van der Waals surface area contributed by atoms with Gasteiger partial charge in [-0.3, -0.25) is 0 Å². The van der Waals surface area contributed by atoms with Crippen LogP contribution in [0, 0.1) is 0 Å². The third-order valence-electron chi connectivity index (χ3n) is 4.57. The van der Waals surface area contributed by atoms with Gasteiger partial charge >= 0.3 is 0 Å². The first-order valence-corrected chi connectivity index (χ1v) is 11.0. The minimum Gasteiger partial charge on any atom is -0.431 e. The van der Waals surface area contributed by atoms with Gasteiger partial charge in [0.15, 0.2) is 5.76 Å². The zero-order valence-electron chi connectivity index (χ0n) is 16.2. The van der Waals surface area contributed by atoms with E-state index in [0.29, 0.717) is 27.8 Å². The van der Waals surface area contributed by atoms with Crippen molar-refractivity contribution >= 4 is 23.4 Å². The molecule has 7 heteroatoms. The first-order valence-electron chi connectivity index (χ1n) is 9.59. The molecule has 0 aliphatic carbocycles. The van der Waals surface area contributed by atoms with Gasteiger partial charge in [0.1, 0.15) is 5.69 Å². The van der Waals surface area contributed by atoms with Crippen molar-refractivity contribution in [2.75, 3.05) is 0 Å². The van der Waals surface area contributed by atoms with Gasteiger partial charge in [-0.15, -0.1) is 10.2 Å². The molecule has 2 heterocycles. The van der Waals surface area contributed by atoms with E-state index in [1.54, 1.807) is 12.1 Å². The fraction of sp³-hybridized carbons (Fsp3) is 0.0417. The standard InChI is InChI=1S/C24H16ClN3O2S/c25-19-13-11-18(12-14-19)23-28-27-20(29-23)15-31-24-26-21(16-7-3-1-4-8-16)22(30-24)17-9-5-2-6-10-17/h1-14H,15H2. The second-order valence-electron chi connectivity index (χ2n) is 6.69. The smallest absolute Gasteiger partial charge is 0.257 e. The average Bonchev–Trinajstić information content (AvgIpc) is 3.47. The van der Waals surface area contributed by atoms with Gasteiger partial charge in [-0.2, -0.15) is 0 Å². The zero-order valence-corrected chi connectivity index (χ0v) is 17.8. The lowest BCUT2D eigenvalue weighted by atomic mass is 10.1. The highest BCUT2D eigenvalue weighted by Crippen LogP contribution is 2.36. The Labute approximate surface area is 188 Å². The van der Waals surface area contributed by atoms with E-state index < -0.39 is 0 Å². The van der Waals surface area contributed by atoms with Crippen molar-refractivity contribution in [3.8, 4) is 34.0 Å². The molecule has 5 nitrogen and oxygen atoms in total. The number of rotatable bonds is 6. The Morgan fingerprint density at radius 3 is 2.10 bits per heavy atom. The summed E-state index contributed by atoms with van der Waals surface area (Å²) in [6.07, 6.45) is 0. The Hall–Kier alpha value is -3.35. The van der Waals surface area contributed by atoms with Crippen LogP contribution in [0.25, 0.3) is 34.0 Å². The van der Waals surface area contributed by atoms with Crippen molar-refractivity contribution < 1.29 is 8.83 Å². The maximum absolute atomic E-state index is 6.13. The van der Waals surface area contributed by atoms with Crippen LogP contribution in [-0.2, 0) is 5.75 Å². The lowest BCUT2D eigenvalue weighted by molar-refractivity contribution is 0.464. The van der Waals surface area contributed by atoms with Gasteiger partial charge in [0, 0.05) is 21.7 Å². The second kappa shape index (κ2) is 8.79. The maximum atomic E-state index is 6.13. The number of hydrogen-bond acceptors (Lipinski definition) is 6. The second-order valence-corrected chi connectivity index (χ2v) is 8.05. The predicted molar refractivity (Wildman–Crippen MR) is 122 cm³/mol. The van der Waals surface area contributed by atoms with Crippen LogP contribution in [0.5, 0.6) is 0 Å². The number of hydrogen-bond donors (Lipinski definition) is 0. The third-order valence-corrected chi connectivity index (χ3v) is 5.63. The summed E-state index contributed by atoms with van der Waals surface area (Å²) in [7, 11) is 0. The molecular weight excluding hydrogens is 430 g/mol.